The van der Waals surface area contributed by atoms with E-state index in [-0.39, 0.29) is 12.1 Å². The predicted octanol–water partition coefficient (Wildman–Crippen LogP) is 1.83. The largest absolute Gasteiger partial charge is 0.478 e. The van der Waals surface area contributed by atoms with E-state index in [1.165, 1.54) is 10.4 Å². The molecular weight excluding hydrogens is 266 g/mol. The van der Waals surface area contributed by atoms with Gasteiger partial charge in [0.1, 0.15) is 0 Å². The summed E-state index contributed by atoms with van der Waals surface area (Å²) >= 11 is 0. The lowest BCUT2D eigenvalue weighted by molar-refractivity contribution is 0.0696. The summed E-state index contributed by atoms with van der Waals surface area (Å²) in [4.78, 5) is 10.9. The maximum Gasteiger partial charge on any atom is 0.335 e. The number of hydrogen-bond donors (Lipinski definition) is 1. The smallest absolute Gasteiger partial charge is 0.335 e. The number of carboxylic acids is 1. The van der Waals surface area contributed by atoms with E-state index in [0.29, 0.717) is 6.54 Å². The Hall–Kier alpha value is -1.40. The average molecular weight is 283 g/mol. The first-order valence-corrected chi connectivity index (χ1v) is 7.42. The molecule has 19 heavy (non-hydrogen) atoms. The molecule has 2 rings (SSSR count). The highest BCUT2D eigenvalue weighted by molar-refractivity contribution is 7.90. The first-order chi connectivity index (χ1) is 8.63. The molecule has 1 N–H and O–H groups in total. The van der Waals surface area contributed by atoms with Gasteiger partial charge in [-0.15, -0.1) is 0 Å². The van der Waals surface area contributed by atoms with Crippen LogP contribution in [-0.4, -0.2) is 28.5 Å². The molecule has 1 aliphatic heterocycles. The summed E-state index contributed by atoms with van der Waals surface area (Å²) in [6, 6.07) is 4.75. The van der Waals surface area contributed by atoms with Crippen LogP contribution < -0.4 is 0 Å². The summed E-state index contributed by atoms with van der Waals surface area (Å²) in [5.74, 6) is -1.00. The number of benzene rings is 1. The van der Waals surface area contributed by atoms with Crippen molar-refractivity contribution in [2.45, 2.75) is 38.6 Å². The number of fused-ring (bicyclic) bond motifs is 1. The second kappa shape index (κ2) is 4.31. The van der Waals surface area contributed by atoms with Crippen molar-refractivity contribution >= 4 is 16.0 Å². The molecule has 1 aromatic carbocycles. The number of nitrogens with zero attached hydrogens (tertiary/aromatic N) is 1. The summed E-state index contributed by atoms with van der Waals surface area (Å²) in [7, 11) is -3.39. The van der Waals surface area contributed by atoms with Crippen LogP contribution in [0.2, 0.25) is 0 Å². The Balaban J connectivity index is 2.34. The second-order valence-electron chi connectivity index (χ2n) is 5.67. The Bertz CT molecular complexity index is 629. The standard InChI is InChI=1S/C13H17NO4S/c1-13(2,3)19(17,18)14-7-10-5-4-9(12(15)16)6-11(10)8-14/h4-6H,7-8H2,1-3H3,(H,15,16). The Kier molecular flexibility index (Phi) is 3.18. The van der Waals surface area contributed by atoms with Crippen LogP contribution >= 0.6 is 0 Å². The highest BCUT2D eigenvalue weighted by Gasteiger charge is 2.38. The lowest BCUT2D eigenvalue weighted by Crippen LogP contribution is -2.40. The van der Waals surface area contributed by atoms with E-state index in [9.17, 15) is 13.2 Å². The molecule has 0 spiro atoms. The van der Waals surface area contributed by atoms with Gasteiger partial charge < -0.3 is 5.11 Å². The number of sulfonamides is 1. The van der Waals surface area contributed by atoms with Crippen molar-refractivity contribution in [2.75, 3.05) is 0 Å². The number of carbonyl (C=O) groups is 1. The first-order valence-electron chi connectivity index (χ1n) is 5.98. The Morgan fingerprint density at radius 1 is 1.21 bits per heavy atom. The van der Waals surface area contributed by atoms with Crippen LogP contribution in [0.1, 0.15) is 42.3 Å². The summed E-state index contributed by atoms with van der Waals surface area (Å²) < 4.78 is 25.3. The van der Waals surface area contributed by atoms with Gasteiger partial charge in [0.25, 0.3) is 0 Å². The third-order valence-electron chi connectivity index (χ3n) is 3.26. The minimum Gasteiger partial charge on any atom is -0.478 e. The molecule has 1 aromatic rings. The third-order valence-corrected chi connectivity index (χ3v) is 5.75. The van der Waals surface area contributed by atoms with Crippen LogP contribution in [0, 0.1) is 0 Å². The van der Waals surface area contributed by atoms with Crippen molar-refractivity contribution in [3.05, 3.63) is 34.9 Å². The zero-order valence-corrected chi connectivity index (χ0v) is 12.0. The van der Waals surface area contributed by atoms with E-state index >= 15 is 0 Å². The van der Waals surface area contributed by atoms with Gasteiger partial charge in [0, 0.05) is 13.1 Å². The van der Waals surface area contributed by atoms with Crippen molar-refractivity contribution in [2.24, 2.45) is 0 Å². The number of hydrogen-bond acceptors (Lipinski definition) is 3. The lowest BCUT2D eigenvalue weighted by Gasteiger charge is -2.26. The fourth-order valence-electron chi connectivity index (χ4n) is 2.05. The predicted molar refractivity (Wildman–Crippen MR) is 71.3 cm³/mol. The Labute approximate surface area is 112 Å². The van der Waals surface area contributed by atoms with Gasteiger partial charge >= 0.3 is 5.97 Å². The van der Waals surface area contributed by atoms with Gasteiger partial charge in [0.2, 0.25) is 10.0 Å². The van der Waals surface area contributed by atoms with Gasteiger partial charge in [0.15, 0.2) is 0 Å². The van der Waals surface area contributed by atoms with Crippen molar-refractivity contribution in [3.63, 3.8) is 0 Å². The molecule has 0 saturated carbocycles. The zero-order valence-electron chi connectivity index (χ0n) is 11.2. The zero-order chi connectivity index (χ0) is 14.4. The fourth-order valence-corrected chi connectivity index (χ4v) is 3.45. The van der Waals surface area contributed by atoms with Gasteiger partial charge in [-0.25, -0.2) is 13.2 Å². The van der Waals surface area contributed by atoms with Gasteiger partial charge in [-0.05, 0) is 44.0 Å². The molecule has 0 unspecified atom stereocenters. The van der Waals surface area contributed by atoms with E-state index < -0.39 is 20.7 Å². The van der Waals surface area contributed by atoms with Gasteiger partial charge in [-0.1, -0.05) is 6.07 Å². The van der Waals surface area contributed by atoms with E-state index in [1.807, 2.05) is 0 Å². The minimum absolute atomic E-state index is 0.189. The molecule has 5 nitrogen and oxygen atoms in total. The first kappa shape index (κ1) is 14.0. The monoisotopic (exact) mass is 283 g/mol. The molecule has 1 heterocycles. The molecular formula is C13H17NO4S. The maximum absolute atomic E-state index is 12.4. The highest BCUT2D eigenvalue weighted by Crippen LogP contribution is 2.31. The van der Waals surface area contributed by atoms with Gasteiger partial charge in [-0.3, -0.25) is 0 Å². The summed E-state index contributed by atoms with van der Waals surface area (Å²) in [6.07, 6.45) is 0. The Morgan fingerprint density at radius 3 is 2.32 bits per heavy atom. The van der Waals surface area contributed by atoms with Crippen LogP contribution in [0.3, 0.4) is 0 Å². The van der Waals surface area contributed by atoms with Crippen LogP contribution in [0.4, 0.5) is 0 Å². The van der Waals surface area contributed by atoms with Gasteiger partial charge in [-0.2, -0.15) is 4.31 Å². The van der Waals surface area contributed by atoms with Crippen molar-refractivity contribution in [3.8, 4) is 0 Å². The van der Waals surface area contributed by atoms with Crippen LogP contribution in [0.5, 0.6) is 0 Å². The van der Waals surface area contributed by atoms with E-state index in [2.05, 4.69) is 0 Å². The average Bonchev–Trinajstić information content (AvgIpc) is 2.70. The molecule has 104 valence electrons. The molecule has 0 aliphatic carbocycles. The second-order valence-corrected chi connectivity index (χ2v) is 8.37. The molecule has 0 aromatic heterocycles. The molecule has 0 saturated heterocycles. The SMILES string of the molecule is CC(C)(C)S(=O)(=O)N1Cc2ccc(C(=O)O)cc2C1. The molecule has 0 fully saturated rings. The number of rotatable bonds is 2. The van der Waals surface area contributed by atoms with Crippen LogP contribution in [0.25, 0.3) is 0 Å². The lowest BCUT2D eigenvalue weighted by atomic mass is 10.1. The normalized spacial score (nSPS) is 16.4. The number of aromatic carboxylic acids is 1. The number of carboxylic acid groups (broad SMARTS) is 1. The topological polar surface area (TPSA) is 74.7 Å². The third kappa shape index (κ3) is 2.37. The van der Waals surface area contributed by atoms with E-state index in [4.69, 9.17) is 5.11 Å². The Morgan fingerprint density at radius 2 is 1.79 bits per heavy atom. The quantitative estimate of drug-likeness (QED) is 0.898. The maximum atomic E-state index is 12.4. The molecule has 0 bridgehead atoms. The highest BCUT2D eigenvalue weighted by atomic mass is 32.2. The molecule has 6 heteroatoms. The van der Waals surface area contributed by atoms with Crippen molar-refractivity contribution < 1.29 is 18.3 Å². The van der Waals surface area contributed by atoms with Crippen molar-refractivity contribution in [1.29, 1.82) is 0 Å². The van der Waals surface area contributed by atoms with Gasteiger partial charge in [0.05, 0.1) is 10.3 Å². The van der Waals surface area contributed by atoms with E-state index in [0.717, 1.165) is 11.1 Å². The minimum atomic E-state index is -3.39. The molecule has 0 atom stereocenters. The summed E-state index contributed by atoms with van der Waals surface area (Å²) in [5.41, 5.74) is 1.83. The van der Waals surface area contributed by atoms with Crippen molar-refractivity contribution in [1.82, 2.24) is 4.31 Å². The summed E-state index contributed by atoms with van der Waals surface area (Å²) in [6.45, 7) is 5.54. The van der Waals surface area contributed by atoms with Crippen LogP contribution in [-0.2, 0) is 23.1 Å². The van der Waals surface area contributed by atoms with Crippen LogP contribution in [0.15, 0.2) is 18.2 Å². The fraction of sp³-hybridized carbons (Fsp3) is 0.462. The molecule has 0 radical (unpaired) electrons. The molecule has 0 amide bonds. The molecule has 1 aliphatic rings. The summed E-state index contributed by atoms with van der Waals surface area (Å²) in [5, 5.41) is 8.94. The van der Waals surface area contributed by atoms with E-state index in [1.54, 1.807) is 32.9 Å².